The van der Waals surface area contributed by atoms with Crippen LogP contribution in [0.1, 0.15) is 13.8 Å². The van der Waals surface area contributed by atoms with Crippen molar-refractivity contribution in [3.63, 3.8) is 0 Å². The Morgan fingerprint density at radius 3 is 2.40 bits per heavy atom. The molecule has 3 N–H and O–H groups in total. The van der Waals surface area contributed by atoms with Crippen molar-refractivity contribution in [3.8, 4) is 17.2 Å². The average molecular weight is 214 g/mol. The molecule has 84 valence electrons. The second-order valence-electron chi connectivity index (χ2n) is 2.60. The second-order valence-corrected chi connectivity index (χ2v) is 2.60. The van der Waals surface area contributed by atoms with Crippen molar-refractivity contribution in [2.45, 2.75) is 13.8 Å². The standard InChI is InChI=1S/C8H10O3.C2H4O2/c1-2-11-8-5-6(9)3-4-7(8)10;1-2(3)4/h3-5,9-10H,2H2,1H3;1H3,(H,3,4). The van der Waals surface area contributed by atoms with Crippen molar-refractivity contribution in [1.29, 1.82) is 0 Å². The number of aromatic hydroxyl groups is 2. The zero-order valence-electron chi connectivity index (χ0n) is 8.60. The van der Waals surface area contributed by atoms with Crippen LogP contribution in [0.4, 0.5) is 0 Å². The van der Waals surface area contributed by atoms with Gasteiger partial charge in [0, 0.05) is 13.0 Å². The predicted molar refractivity (Wildman–Crippen MR) is 54.3 cm³/mol. The lowest BCUT2D eigenvalue weighted by molar-refractivity contribution is -0.134. The maximum atomic E-state index is 9.13. The molecule has 0 fully saturated rings. The first-order chi connectivity index (χ1) is 6.97. The van der Waals surface area contributed by atoms with E-state index >= 15 is 0 Å². The van der Waals surface area contributed by atoms with Crippen LogP contribution in [0.15, 0.2) is 18.2 Å². The van der Waals surface area contributed by atoms with Gasteiger partial charge in [0.2, 0.25) is 0 Å². The van der Waals surface area contributed by atoms with E-state index < -0.39 is 5.97 Å². The van der Waals surface area contributed by atoms with E-state index in [0.717, 1.165) is 6.92 Å². The van der Waals surface area contributed by atoms with E-state index in [1.807, 2.05) is 6.92 Å². The quantitative estimate of drug-likeness (QED) is 0.651. The largest absolute Gasteiger partial charge is 0.508 e. The van der Waals surface area contributed by atoms with Crippen LogP contribution in [0.5, 0.6) is 17.2 Å². The third kappa shape index (κ3) is 6.20. The Labute approximate surface area is 87.6 Å². The van der Waals surface area contributed by atoms with E-state index in [1.165, 1.54) is 18.2 Å². The smallest absolute Gasteiger partial charge is 0.300 e. The molecule has 0 spiro atoms. The van der Waals surface area contributed by atoms with Gasteiger partial charge in [-0.1, -0.05) is 0 Å². The minimum Gasteiger partial charge on any atom is -0.508 e. The lowest BCUT2D eigenvalue weighted by Gasteiger charge is -2.04. The molecular weight excluding hydrogens is 200 g/mol. The number of hydrogen-bond acceptors (Lipinski definition) is 4. The number of carboxylic acid groups (broad SMARTS) is 1. The molecule has 0 bridgehead atoms. The molecule has 0 atom stereocenters. The van der Waals surface area contributed by atoms with E-state index in [1.54, 1.807) is 0 Å². The number of ether oxygens (including phenoxy) is 1. The number of aliphatic carboxylic acids is 1. The van der Waals surface area contributed by atoms with E-state index in [2.05, 4.69) is 0 Å². The lowest BCUT2D eigenvalue weighted by Crippen LogP contribution is -1.90. The molecule has 1 aromatic carbocycles. The minimum atomic E-state index is -0.833. The van der Waals surface area contributed by atoms with Gasteiger partial charge < -0.3 is 20.1 Å². The summed E-state index contributed by atoms with van der Waals surface area (Å²) in [5, 5.41) is 25.5. The number of carbonyl (C=O) groups is 1. The van der Waals surface area contributed by atoms with E-state index in [4.69, 9.17) is 24.9 Å². The molecule has 0 saturated carbocycles. The van der Waals surface area contributed by atoms with Gasteiger partial charge in [-0.3, -0.25) is 4.79 Å². The molecule has 0 aromatic heterocycles. The third-order valence-corrected chi connectivity index (χ3v) is 1.24. The summed E-state index contributed by atoms with van der Waals surface area (Å²) in [6.07, 6.45) is 0. The summed E-state index contributed by atoms with van der Waals surface area (Å²) in [5.74, 6) is -0.386. The highest BCUT2D eigenvalue weighted by Gasteiger charge is 2.00. The van der Waals surface area contributed by atoms with Crippen LogP contribution < -0.4 is 4.74 Å². The second kappa shape index (κ2) is 6.53. The first kappa shape index (κ1) is 13.1. The minimum absolute atomic E-state index is 0.0460. The Balaban J connectivity index is 0.000000423. The van der Waals surface area contributed by atoms with Gasteiger partial charge in [-0.05, 0) is 19.1 Å². The SMILES string of the molecule is CC(=O)O.CCOc1cc(O)ccc1O. The Morgan fingerprint density at radius 1 is 1.40 bits per heavy atom. The first-order valence-corrected chi connectivity index (χ1v) is 4.31. The molecular formula is C10H14O5. The number of phenols is 2. The summed E-state index contributed by atoms with van der Waals surface area (Å²) in [5.41, 5.74) is 0. The number of benzene rings is 1. The molecule has 1 aromatic rings. The fraction of sp³-hybridized carbons (Fsp3) is 0.300. The van der Waals surface area contributed by atoms with Crippen molar-refractivity contribution < 1.29 is 24.9 Å². The highest BCUT2D eigenvalue weighted by Crippen LogP contribution is 2.29. The van der Waals surface area contributed by atoms with E-state index in [9.17, 15) is 0 Å². The van der Waals surface area contributed by atoms with Gasteiger partial charge >= 0.3 is 0 Å². The highest BCUT2D eigenvalue weighted by molar-refractivity contribution is 5.62. The molecule has 1 rings (SSSR count). The molecule has 5 nitrogen and oxygen atoms in total. The molecule has 0 saturated heterocycles. The molecule has 0 radical (unpaired) electrons. The molecule has 0 unspecified atom stereocenters. The summed E-state index contributed by atoms with van der Waals surface area (Å²) in [6, 6.07) is 4.16. The van der Waals surface area contributed by atoms with Gasteiger partial charge in [0.1, 0.15) is 5.75 Å². The van der Waals surface area contributed by atoms with Gasteiger partial charge in [-0.25, -0.2) is 0 Å². The molecule has 5 heteroatoms. The molecule has 15 heavy (non-hydrogen) atoms. The zero-order valence-corrected chi connectivity index (χ0v) is 8.60. The van der Waals surface area contributed by atoms with Gasteiger partial charge in [0.15, 0.2) is 11.5 Å². The molecule has 0 aliphatic rings. The van der Waals surface area contributed by atoms with Crippen molar-refractivity contribution in [1.82, 2.24) is 0 Å². The summed E-state index contributed by atoms with van der Waals surface area (Å²) in [4.78, 5) is 9.00. The molecule has 0 heterocycles. The normalized spacial score (nSPS) is 8.67. The fourth-order valence-electron chi connectivity index (χ4n) is 0.774. The predicted octanol–water partition coefficient (Wildman–Crippen LogP) is 1.59. The highest BCUT2D eigenvalue weighted by atomic mass is 16.5. The van der Waals surface area contributed by atoms with Crippen LogP contribution in [0.2, 0.25) is 0 Å². The number of phenolic OH excluding ortho intramolecular Hbond substituents is 2. The Morgan fingerprint density at radius 2 is 1.93 bits per heavy atom. The number of hydrogen-bond donors (Lipinski definition) is 3. The van der Waals surface area contributed by atoms with E-state index in [0.29, 0.717) is 12.4 Å². The summed E-state index contributed by atoms with van der Waals surface area (Å²) >= 11 is 0. The van der Waals surface area contributed by atoms with Crippen LogP contribution in [0, 0.1) is 0 Å². The van der Waals surface area contributed by atoms with Crippen LogP contribution in [-0.2, 0) is 4.79 Å². The van der Waals surface area contributed by atoms with Crippen molar-refractivity contribution in [3.05, 3.63) is 18.2 Å². The fourth-order valence-corrected chi connectivity index (χ4v) is 0.774. The third-order valence-electron chi connectivity index (χ3n) is 1.24. The maximum absolute atomic E-state index is 9.13. The van der Waals surface area contributed by atoms with Gasteiger partial charge in [-0.15, -0.1) is 0 Å². The van der Waals surface area contributed by atoms with Gasteiger partial charge in [-0.2, -0.15) is 0 Å². The average Bonchev–Trinajstić information content (AvgIpc) is 2.11. The van der Waals surface area contributed by atoms with Crippen molar-refractivity contribution in [2.75, 3.05) is 6.61 Å². The summed E-state index contributed by atoms with van der Waals surface area (Å²) in [6.45, 7) is 3.36. The van der Waals surface area contributed by atoms with Gasteiger partial charge in [0.05, 0.1) is 6.61 Å². The van der Waals surface area contributed by atoms with Crippen LogP contribution in [-0.4, -0.2) is 27.9 Å². The summed E-state index contributed by atoms with van der Waals surface area (Å²) < 4.78 is 5.01. The van der Waals surface area contributed by atoms with Crippen LogP contribution in [0.25, 0.3) is 0 Å². The Hall–Kier alpha value is -1.91. The molecule has 0 amide bonds. The lowest BCUT2D eigenvalue weighted by atomic mass is 10.3. The van der Waals surface area contributed by atoms with Gasteiger partial charge in [0.25, 0.3) is 5.97 Å². The zero-order chi connectivity index (χ0) is 11.8. The number of carboxylic acids is 1. The van der Waals surface area contributed by atoms with Crippen LogP contribution in [0.3, 0.4) is 0 Å². The Kier molecular flexibility index (Phi) is 5.70. The van der Waals surface area contributed by atoms with Crippen molar-refractivity contribution in [2.24, 2.45) is 0 Å². The topological polar surface area (TPSA) is 87.0 Å². The van der Waals surface area contributed by atoms with Crippen LogP contribution >= 0.6 is 0 Å². The van der Waals surface area contributed by atoms with E-state index in [-0.39, 0.29) is 11.5 Å². The summed E-state index contributed by atoms with van der Waals surface area (Å²) in [7, 11) is 0. The first-order valence-electron chi connectivity index (χ1n) is 4.31. The molecule has 0 aliphatic carbocycles. The maximum Gasteiger partial charge on any atom is 0.300 e. The Bertz CT molecular complexity index is 318. The number of rotatable bonds is 2. The molecule has 0 aliphatic heterocycles. The van der Waals surface area contributed by atoms with Crippen molar-refractivity contribution >= 4 is 5.97 Å². The monoisotopic (exact) mass is 214 g/mol.